The molecule has 1 aliphatic carbocycles. The average molecular weight is 151 g/mol. The molecule has 1 nitrogen and oxygen atoms in total. The highest BCUT2D eigenvalue weighted by Gasteiger charge is 2.07. The first-order valence-electron chi connectivity index (χ1n) is 3.49. The predicted molar refractivity (Wildman–Crippen MR) is 44.2 cm³/mol. The van der Waals surface area contributed by atoms with E-state index in [0.29, 0.717) is 0 Å². The first kappa shape index (κ1) is 6.10. The molecule has 0 fully saturated rings. The minimum Gasteiger partial charge on any atom is -0.246 e. The first-order valence-corrected chi connectivity index (χ1v) is 4.31. The summed E-state index contributed by atoms with van der Waals surface area (Å²) < 4.78 is 0. The maximum atomic E-state index is 4.42. The Labute approximate surface area is 64.4 Å². The van der Waals surface area contributed by atoms with Crippen molar-refractivity contribution in [2.45, 2.75) is 19.8 Å². The third-order valence-corrected chi connectivity index (χ3v) is 2.63. The highest BCUT2D eigenvalue weighted by Crippen LogP contribution is 2.24. The molecule has 0 saturated carbocycles. The SMILES string of the molecule is Cc1nc2c(s1)C=CCC2. The Morgan fingerprint density at radius 2 is 2.50 bits per heavy atom. The fourth-order valence-electron chi connectivity index (χ4n) is 1.21. The minimum atomic E-state index is 1.14. The summed E-state index contributed by atoms with van der Waals surface area (Å²) in [5, 5.41) is 1.19. The van der Waals surface area contributed by atoms with E-state index in [4.69, 9.17) is 0 Å². The van der Waals surface area contributed by atoms with Gasteiger partial charge in [-0.2, -0.15) is 0 Å². The Kier molecular flexibility index (Phi) is 1.34. The van der Waals surface area contributed by atoms with Crippen LogP contribution in [-0.4, -0.2) is 4.98 Å². The van der Waals surface area contributed by atoms with Crippen LogP contribution in [0.1, 0.15) is 22.0 Å². The maximum absolute atomic E-state index is 4.42. The van der Waals surface area contributed by atoms with Crippen molar-refractivity contribution >= 4 is 17.4 Å². The van der Waals surface area contributed by atoms with Crippen LogP contribution in [0.5, 0.6) is 0 Å². The van der Waals surface area contributed by atoms with Gasteiger partial charge in [0, 0.05) is 0 Å². The summed E-state index contributed by atoms with van der Waals surface area (Å²) in [6.07, 6.45) is 6.70. The van der Waals surface area contributed by atoms with Gasteiger partial charge in [-0.05, 0) is 25.8 Å². The normalized spacial score (nSPS) is 15.3. The van der Waals surface area contributed by atoms with Gasteiger partial charge in [0.25, 0.3) is 0 Å². The summed E-state index contributed by atoms with van der Waals surface area (Å²) >= 11 is 1.79. The Morgan fingerprint density at radius 1 is 1.60 bits per heavy atom. The molecule has 0 unspecified atom stereocenters. The van der Waals surface area contributed by atoms with Gasteiger partial charge < -0.3 is 0 Å². The number of hydrogen-bond donors (Lipinski definition) is 0. The Bertz CT molecular complexity index is 273. The number of rotatable bonds is 0. The van der Waals surface area contributed by atoms with Gasteiger partial charge in [0.1, 0.15) is 0 Å². The second kappa shape index (κ2) is 2.20. The largest absolute Gasteiger partial charge is 0.246 e. The molecule has 10 heavy (non-hydrogen) atoms. The van der Waals surface area contributed by atoms with E-state index in [2.05, 4.69) is 24.1 Å². The van der Waals surface area contributed by atoms with Crippen molar-refractivity contribution < 1.29 is 0 Å². The molecule has 0 spiro atoms. The van der Waals surface area contributed by atoms with Crippen LogP contribution < -0.4 is 0 Å². The molecular weight excluding hydrogens is 142 g/mol. The van der Waals surface area contributed by atoms with Crippen LogP contribution in [0.2, 0.25) is 0 Å². The van der Waals surface area contributed by atoms with Crippen molar-refractivity contribution in [3.8, 4) is 0 Å². The molecule has 52 valence electrons. The van der Waals surface area contributed by atoms with Crippen LogP contribution in [0.4, 0.5) is 0 Å². The van der Waals surface area contributed by atoms with E-state index < -0.39 is 0 Å². The van der Waals surface area contributed by atoms with E-state index in [1.165, 1.54) is 15.6 Å². The van der Waals surface area contributed by atoms with E-state index in [0.717, 1.165) is 12.8 Å². The van der Waals surface area contributed by atoms with Gasteiger partial charge in [0.2, 0.25) is 0 Å². The lowest BCUT2D eigenvalue weighted by Gasteiger charge is -1.99. The van der Waals surface area contributed by atoms with Crippen LogP contribution in [0.25, 0.3) is 6.08 Å². The number of nitrogens with zero attached hydrogens (tertiary/aromatic N) is 1. The molecule has 0 bridgehead atoms. The van der Waals surface area contributed by atoms with Gasteiger partial charge in [0.05, 0.1) is 15.6 Å². The summed E-state index contributed by atoms with van der Waals surface area (Å²) in [5.41, 5.74) is 1.30. The molecule has 0 saturated heterocycles. The Balaban J connectivity index is 2.53. The van der Waals surface area contributed by atoms with Gasteiger partial charge >= 0.3 is 0 Å². The van der Waals surface area contributed by atoms with Crippen molar-refractivity contribution in [3.63, 3.8) is 0 Å². The lowest BCUT2D eigenvalue weighted by molar-refractivity contribution is 0.938. The van der Waals surface area contributed by atoms with Crippen molar-refractivity contribution in [3.05, 3.63) is 21.7 Å². The number of aromatic nitrogens is 1. The molecule has 2 rings (SSSR count). The zero-order valence-corrected chi connectivity index (χ0v) is 6.74. The molecular formula is C8H9NS. The molecule has 0 aliphatic heterocycles. The third kappa shape index (κ3) is 0.886. The van der Waals surface area contributed by atoms with Crippen molar-refractivity contribution in [1.82, 2.24) is 4.98 Å². The molecule has 1 aliphatic rings. The second-order valence-corrected chi connectivity index (χ2v) is 3.72. The Hall–Kier alpha value is -0.630. The molecule has 0 radical (unpaired) electrons. The molecule has 0 N–H and O–H groups in total. The molecule has 2 heteroatoms. The Morgan fingerprint density at radius 3 is 3.30 bits per heavy atom. The van der Waals surface area contributed by atoms with Gasteiger partial charge in [-0.3, -0.25) is 0 Å². The summed E-state index contributed by atoms with van der Waals surface area (Å²) in [7, 11) is 0. The quantitative estimate of drug-likeness (QED) is 0.555. The van der Waals surface area contributed by atoms with E-state index >= 15 is 0 Å². The topological polar surface area (TPSA) is 12.9 Å². The van der Waals surface area contributed by atoms with Crippen LogP contribution in [0.3, 0.4) is 0 Å². The standard InChI is InChI=1S/C8H9NS/c1-6-9-7-4-2-3-5-8(7)10-6/h3,5H,2,4H2,1H3. The number of fused-ring (bicyclic) bond motifs is 1. The van der Waals surface area contributed by atoms with Crippen molar-refractivity contribution in [2.24, 2.45) is 0 Å². The van der Waals surface area contributed by atoms with Crippen molar-refractivity contribution in [2.75, 3.05) is 0 Å². The average Bonchev–Trinajstić information content (AvgIpc) is 2.27. The lowest BCUT2D eigenvalue weighted by atomic mass is 10.1. The van der Waals surface area contributed by atoms with E-state index in [1.54, 1.807) is 11.3 Å². The molecule has 0 aromatic carbocycles. The molecule has 0 amide bonds. The maximum Gasteiger partial charge on any atom is 0.0903 e. The summed E-state index contributed by atoms with van der Waals surface area (Å²) in [6, 6.07) is 0. The summed E-state index contributed by atoms with van der Waals surface area (Å²) in [5.74, 6) is 0. The zero-order chi connectivity index (χ0) is 6.97. The van der Waals surface area contributed by atoms with Gasteiger partial charge in [0.15, 0.2) is 0 Å². The number of allylic oxidation sites excluding steroid dienone is 1. The summed E-state index contributed by atoms with van der Waals surface area (Å²) in [4.78, 5) is 5.78. The second-order valence-electron chi connectivity index (χ2n) is 2.48. The number of hydrogen-bond acceptors (Lipinski definition) is 2. The van der Waals surface area contributed by atoms with Crippen LogP contribution in [-0.2, 0) is 6.42 Å². The van der Waals surface area contributed by atoms with E-state index in [1.807, 2.05) is 0 Å². The van der Waals surface area contributed by atoms with Gasteiger partial charge in [-0.1, -0.05) is 6.08 Å². The lowest BCUT2D eigenvalue weighted by Crippen LogP contribution is -1.90. The predicted octanol–water partition coefficient (Wildman–Crippen LogP) is 2.41. The highest BCUT2D eigenvalue weighted by atomic mass is 32.1. The third-order valence-electron chi connectivity index (χ3n) is 1.65. The van der Waals surface area contributed by atoms with E-state index in [-0.39, 0.29) is 0 Å². The highest BCUT2D eigenvalue weighted by molar-refractivity contribution is 7.12. The monoisotopic (exact) mass is 151 g/mol. The molecule has 1 aromatic rings. The van der Waals surface area contributed by atoms with Crippen LogP contribution in [0, 0.1) is 6.92 Å². The fraction of sp³-hybridized carbons (Fsp3) is 0.375. The molecule has 1 heterocycles. The molecule has 0 atom stereocenters. The van der Waals surface area contributed by atoms with Crippen LogP contribution >= 0.6 is 11.3 Å². The van der Waals surface area contributed by atoms with E-state index in [9.17, 15) is 0 Å². The van der Waals surface area contributed by atoms with Gasteiger partial charge in [-0.15, -0.1) is 11.3 Å². The number of thiazole rings is 1. The fourth-order valence-corrected chi connectivity index (χ4v) is 2.11. The smallest absolute Gasteiger partial charge is 0.0903 e. The summed E-state index contributed by atoms with van der Waals surface area (Å²) in [6.45, 7) is 2.07. The minimum absolute atomic E-state index is 1.14. The van der Waals surface area contributed by atoms with Crippen molar-refractivity contribution in [1.29, 1.82) is 0 Å². The molecule has 1 aromatic heterocycles. The zero-order valence-electron chi connectivity index (χ0n) is 5.92. The van der Waals surface area contributed by atoms with Crippen LogP contribution in [0.15, 0.2) is 6.08 Å². The number of aryl methyl sites for hydroxylation is 2. The van der Waals surface area contributed by atoms with Gasteiger partial charge in [-0.25, -0.2) is 4.98 Å². The first-order chi connectivity index (χ1) is 4.86.